The van der Waals surface area contributed by atoms with Crippen molar-refractivity contribution in [3.05, 3.63) is 76.2 Å². The Labute approximate surface area is 175 Å². The van der Waals surface area contributed by atoms with Gasteiger partial charge in [0.25, 0.3) is 11.8 Å². The summed E-state index contributed by atoms with van der Waals surface area (Å²) in [6, 6.07) is 15.4. The number of nitrogens with one attached hydrogen (secondary N) is 2. The summed E-state index contributed by atoms with van der Waals surface area (Å²) in [5, 5.41) is 5.58. The van der Waals surface area contributed by atoms with Crippen LogP contribution in [0.4, 0.5) is 5.69 Å². The molecule has 0 radical (unpaired) electrons. The summed E-state index contributed by atoms with van der Waals surface area (Å²) in [7, 11) is 0. The molecule has 1 aromatic heterocycles. The molecule has 2 N–H and O–H groups in total. The number of carbonyl (C=O) groups is 2. The average molecular weight is 457 g/mol. The van der Waals surface area contributed by atoms with Gasteiger partial charge in [-0.25, -0.2) is 0 Å². The number of fused-ring (bicyclic) bond motifs is 1. The van der Waals surface area contributed by atoms with E-state index in [2.05, 4.69) is 26.6 Å². The molecule has 0 bridgehead atoms. The Morgan fingerprint density at radius 1 is 0.931 bits per heavy atom. The van der Waals surface area contributed by atoms with Gasteiger partial charge in [-0.3, -0.25) is 9.59 Å². The predicted octanol–water partition coefficient (Wildman–Crippen LogP) is 4.00. The van der Waals surface area contributed by atoms with Crippen molar-refractivity contribution in [2.24, 2.45) is 0 Å². The molecule has 0 aliphatic carbocycles. The fourth-order valence-corrected chi connectivity index (χ4v) is 3.16. The van der Waals surface area contributed by atoms with Gasteiger partial charge < -0.3 is 24.5 Å². The number of benzene rings is 2. The molecule has 4 rings (SSSR count). The maximum atomic E-state index is 12.5. The van der Waals surface area contributed by atoms with Crippen LogP contribution in [0.3, 0.4) is 0 Å². The molecule has 2 amide bonds. The molecule has 0 saturated heterocycles. The summed E-state index contributed by atoms with van der Waals surface area (Å²) in [6.45, 7) is 1.38. The summed E-state index contributed by atoms with van der Waals surface area (Å²) >= 11 is 3.16. The molecule has 0 unspecified atom stereocenters. The molecule has 1 aliphatic heterocycles. The SMILES string of the molecule is O=C(NCc1ccc2c(c1)OCCO2)c1cccc(NC(=O)c2ccc(Br)o2)c1. The zero-order chi connectivity index (χ0) is 20.2. The van der Waals surface area contributed by atoms with Crippen LogP contribution in [0.5, 0.6) is 11.5 Å². The molecular formula is C21H17BrN2O5. The fraction of sp³-hybridized carbons (Fsp3) is 0.143. The molecule has 0 fully saturated rings. The molecule has 0 spiro atoms. The Hall–Kier alpha value is -3.26. The van der Waals surface area contributed by atoms with E-state index in [-0.39, 0.29) is 11.7 Å². The van der Waals surface area contributed by atoms with Crippen LogP contribution in [0.2, 0.25) is 0 Å². The van der Waals surface area contributed by atoms with E-state index in [4.69, 9.17) is 13.9 Å². The number of hydrogen-bond donors (Lipinski definition) is 2. The first kappa shape index (κ1) is 19.1. The van der Waals surface area contributed by atoms with Gasteiger partial charge >= 0.3 is 0 Å². The van der Waals surface area contributed by atoms with Crippen molar-refractivity contribution in [3.63, 3.8) is 0 Å². The Bertz CT molecular complexity index is 1060. The van der Waals surface area contributed by atoms with Crippen LogP contribution in [0.25, 0.3) is 0 Å². The summed E-state index contributed by atoms with van der Waals surface area (Å²) in [4.78, 5) is 24.7. The fourth-order valence-electron chi connectivity index (χ4n) is 2.85. The number of carbonyl (C=O) groups excluding carboxylic acids is 2. The number of furan rings is 1. The molecule has 3 aromatic rings. The first-order chi connectivity index (χ1) is 14.1. The molecular weight excluding hydrogens is 440 g/mol. The monoisotopic (exact) mass is 456 g/mol. The Morgan fingerprint density at radius 3 is 2.55 bits per heavy atom. The van der Waals surface area contributed by atoms with Gasteiger partial charge in [0, 0.05) is 17.8 Å². The third-order valence-electron chi connectivity index (χ3n) is 4.24. The first-order valence-corrected chi connectivity index (χ1v) is 9.71. The van der Waals surface area contributed by atoms with Crippen LogP contribution in [-0.2, 0) is 6.54 Å². The second kappa shape index (κ2) is 8.40. The van der Waals surface area contributed by atoms with Gasteiger partial charge in [0.1, 0.15) is 13.2 Å². The number of halogens is 1. The van der Waals surface area contributed by atoms with Crippen molar-refractivity contribution in [2.75, 3.05) is 18.5 Å². The van der Waals surface area contributed by atoms with Crippen molar-refractivity contribution in [1.29, 1.82) is 0 Å². The minimum absolute atomic E-state index is 0.172. The Morgan fingerprint density at radius 2 is 1.76 bits per heavy atom. The van der Waals surface area contributed by atoms with E-state index in [1.54, 1.807) is 36.4 Å². The van der Waals surface area contributed by atoms with Crippen molar-refractivity contribution < 1.29 is 23.5 Å². The van der Waals surface area contributed by atoms with Crippen molar-refractivity contribution in [2.45, 2.75) is 6.54 Å². The molecule has 8 heteroatoms. The molecule has 1 aliphatic rings. The van der Waals surface area contributed by atoms with E-state index in [0.29, 0.717) is 47.2 Å². The van der Waals surface area contributed by atoms with Gasteiger partial charge in [-0.15, -0.1) is 0 Å². The molecule has 0 saturated carbocycles. The van der Waals surface area contributed by atoms with Crippen LogP contribution >= 0.6 is 15.9 Å². The van der Waals surface area contributed by atoms with E-state index in [1.165, 1.54) is 0 Å². The minimum Gasteiger partial charge on any atom is -0.486 e. The Balaban J connectivity index is 1.39. The lowest BCUT2D eigenvalue weighted by atomic mass is 10.1. The highest BCUT2D eigenvalue weighted by Crippen LogP contribution is 2.30. The number of rotatable bonds is 5. The third kappa shape index (κ3) is 4.60. The number of hydrogen-bond acceptors (Lipinski definition) is 5. The highest BCUT2D eigenvalue weighted by molar-refractivity contribution is 9.10. The van der Waals surface area contributed by atoms with Crippen LogP contribution in [0, 0.1) is 0 Å². The summed E-state index contributed by atoms with van der Waals surface area (Å²) in [5.74, 6) is 0.905. The first-order valence-electron chi connectivity index (χ1n) is 8.92. The zero-order valence-electron chi connectivity index (χ0n) is 15.2. The minimum atomic E-state index is -0.399. The summed E-state index contributed by atoms with van der Waals surface area (Å²) in [6.07, 6.45) is 0. The molecule has 29 heavy (non-hydrogen) atoms. The smallest absolute Gasteiger partial charge is 0.291 e. The zero-order valence-corrected chi connectivity index (χ0v) is 16.8. The van der Waals surface area contributed by atoms with Crippen LogP contribution < -0.4 is 20.1 Å². The lowest BCUT2D eigenvalue weighted by Crippen LogP contribution is -2.23. The van der Waals surface area contributed by atoms with E-state index in [0.717, 1.165) is 5.56 Å². The van der Waals surface area contributed by atoms with Gasteiger partial charge in [0.2, 0.25) is 0 Å². The van der Waals surface area contributed by atoms with Crippen molar-refractivity contribution in [3.8, 4) is 11.5 Å². The molecule has 2 aromatic carbocycles. The summed E-state index contributed by atoms with van der Waals surface area (Å²) in [5.41, 5.74) is 1.82. The standard InChI is InChI=1S/C21H17BrN2O5/c22-19-7-6-17(29-19)21(26)24-15-3-1-2-14(11-15)20(25)23-12-13-4-5-16-18(10-13)28-9-8-27-16/h1-7,10-11H,8-9,12H2,(H,23,25)(H,24,26). The number of amides is 2. The van der Waals surface area contributed by atoms with E-state index in [1.807, 2.05) is 18.2 Å². The average Bonchev–Trinajstić information content (AvgIpc) is 3.18. The quantitative estimate of drug-likeness (QED) is 0.605. The van der Waals surface area contributed by atoms with Crippen LogP contribution in [0.1, 0.15) is 26.5 Å². The lowest BCUT2D eigenvalue weighted by Gasteiger charge is -2.19. The van der Waals surface area contributed by atoms with Gasteiger partial charge in [0.15, 0.2) is 21.9 Å². The topological polar surface area (TPSA) is 89.8 Å². The maximum Gasteiger partial charge on any atom is 0.291 e. The van der Waals surface area contributed by atoms with Gasteiger partial charge in [-0.1, -0.05) is 12.1 Å². The largest absolute Gasteiger partial charge is 0.486 e. The number of ether oxygens (including phenoxy) is 2. The second-order valence-electron chi connectivity index (χ2n) is 6.30. The van der Waals surface area contributed by atoms with Gasteiger partial charge in [0.05, 0.1) is 0 Å². The lowest BCUT2D eigenvalue weighted by molar-refractivity contribution is 0.0948. The van der Waals surface area contributed by atoms with Gasteiger partial charge in [-0.2, -0.15) is 0 Å². The van der Waals surface area contributed by atoms with Crippen LogP contribution in [-0.4, -0.2) is 25.0 Å². The van der Waals surface area contributed by atoms with Crippen molar-refractivity contribution >= 4 is 33.4 Å². The number of anilines is 1. The highest BCUT2D eigenvalue weighted by Gasteiger charge is 2.14. The maximum absolute atomic E-state index is 12.5. The normalized spacial score (nSPS) is 12.3. The molecule has 0 atom stereocenters. The van der Waals surface area contributed by atoms with Crippen molar-refractivity contribution in [1.82, 2.24) is 5.32 Å². The molecule has 7 nitrogen and oxygen atoms in total. The van der Waals surface area contributed by atoms with E-state index < -0.39 is 5.91 Å². The van der Waals surface area contributed by atoms with Crippen LogP contribution in [0.15, 0.2) is 63.7 Å². The summed E-state index contributed by atoms with van der Waals surface area (Å²) < 4.78 is 16.7. The Kier molecular flexibility index (Phi) is 5.53. The second-order valence-corrected chi connectivity index (χ2v) is 7.08. The molecule has 2 heterocycles. The van der Waals surface area contributed by atoms with Gasteiger partial charge in [-0.05, 0) is 64.0 Å². The van der Waals surface area contributed by atoms with E-state index >= 15 is 0 Å². The van der Waals surface area contributed by atoms with E-state index in [9.17, 15) is 9.59 Å². The molecule has 148 valence electrons. The highest BCUT2D eigenvalue weighted by atomic mass is 79.9. The predicted molar refractivity (Wildman–Crippen MR) is 109 cm³/mol. The third-order valence-corrected chi connectivity index (χ3v) is 4.67.